The summed E-state index contributed by atoms with van der Waals surface area (Å²) in [5, 5.41) is 10.6. The Balaban J connectivity index is 4.93. The van der Waals surface area contributed by atoms with E-state index in [1.54, 1.807) is 0 Å². The number of aliphatic hydroxyl groups is 1. The normalized spacial score (nSPS) is 12.0. The van der Waals surface area contributed by atoms with Crippen LogP contribution >= 0.6 is 0 Å². The van der Waals surface area contributed by atoms with Gasteiger partial charge in [-0.25, -0.2) is 0 Å². The van der Waals surface area contributed by atoms with E-state index in [0.29, 0.717) is 84.0 Å². The summed E-state index contributed by atoms with van der Waals surface area (Å²) in [7, 11) is 0. The Kier molecular flexibility index (Phi) is 45.3. The fourth-order valence-corrected chi connectivity index (χ4v) is 7.40. The fourth-order valence-electron chi connectivity index (χ4n) is 7.40. The maximum absolute atomic E-state index is 12.9. The summed E-state index contributed by atoms with van der Waals surface area (Å²) in [4.78, 5) is 75.4. The third kappa shape index (κ3) is 41.7. The minimum atomic E-state index is -1.38. The Morgan fingerprint density at radius 1 is 0.377 bits per heavy atom. The maximum Gasteiger partial charge on any atom is 0.308 e. The monoisotopic (exact) mass is 979 g/mol. The minimum Gasteiger partial charge on any atom is -0.465 e. The van der Waals surface area contributed by atoms with Gasteiger partial charge in [0.05, 0.1) is 37.8 Å². The fraction of sp³-hybridized carbons (Fsp3) is 0.821. The lowest BCUT2D eigenvalue weighted by Crippen LogP contribution is -2.42. The number of esters is 6. The molecule has 0 aliphatic carbocycles. The van der Waals surface area contributed by atoms with Crippen molar-refractivity contribution in [1.29, 1.82) is 0 Å². The lowest BCUT2D eigenvalue weighted by molar-refractivity contribution is -0.165. The van der Waals surface area contributed by atoms with Crippen molar-refractivity contribution in [3.63, 3.8) is 0 Å². The Morgan fingerprint density at radius 2 is 0.725 bits per heavy atom. The molecule has 0 saturated carbocycles. The number of rotatable bonds is 49. The van der Waals surface area contributed by atoms with E-state index in [2.05, 4.69) is 39.8 Å². The molecule has 0 aromatic carbocycles. The van der Waals surface area contributed by atoms with Crippen LogP contribution in [0.4, 0.5) is 0 Å². The van der Waals surface area contributed by atoms with E-state index >= 15 is 0 Å². The zero-order valence-electron chi connectivity index (χ0n) is 44.0. The van der Waals surface area contributed by atoms with Gasteiger partial charge in [-0.3, -0.25) is 28.8 Å². The molecule has 0 aromatic heterocycles. The summed E-state index contributed by atoms with van der Waals surface area (Å²) >= 11 is 0. The molecule has 0 bridgehead atoms. The van der Waals surface area contributed by atoms with Crippen molar-refractivity contribution in [2.24, 2.45) is 11.3 Å². The molecular weight excluding hydrogens is 881 g/mol. The van der Waals surface area contributed by atoms with Crippen LogP contribution in [0.3, 0.4) is 0 Å². The predicted molar refractivity (Wildman–Crippen MR) is 272 cm³/mol. The number of carbonyl (C=O) groups is 6. The van der Waals surface area contributed by atoms with E-state index < -0.39 is 29.9 Å². The average molecular weight is 979 g/mol. The molecule has 0 spiro atoms. The van der Waals surface area contributed by atoms with Gasteiger partial charge in [0.25, 0.3) is 0 Å². The van der Waals surface area contributed by atoms with Gasteiger partial charge in [0, 0.05) is 32.1 Å². The first-order valence-corrected chi connectivity index (χ1v) is 27.4. The standard InChI is InChI=1S/C56H98O13/c1-5-9-13-16-18-21-32-42-64-50(58)37-28-24-30-40-53(61)68-47-56(45-57,48-69-54(62)41-31-25-29-38-51(59)65-43-33-22-19-17-14-10-6-2)46-67-52(60)39-27-20-23-34-44-66-55(63)49(35-12-8-4)36-26-15-11-7-3/h18-19,21-22,49,57H,5-17,20,23-48H2,1-4H3/b21-18-,22-19-. The van der Waals surface area contributed by atoms with Crippen molar-refractivity contribution in [2.75, 3.05) is 46.2 Å². The van der Waals surface area contributed by atoms with E-state index in [9.17, 15) is 33.9 Å². The van der Waals surface area contributed by atoms with Crippen molar-refractivity contribution in [1.82, 2.24) is 0 Å². The van der Waals surface area contributed by atoms with Crippen LogP contribution in [0.15, 0.2) is 24.3 Å². The number of allylic oxidation sites excluding steroid dienone is 2. The summed E-state index contributed by atoms with van der Waals surface area (Å²) in [5.41, 5.74) is -1.38. The van der Waals surface area contributed by atoms with Crippen LogP contribution in [0.2, 0.25) is 0 Å². The topological polar surface area (TPSA) is 178 Å². The number of ether oxygens (including phenoxy) is 6. The molecule has 0 aliphatic rings. The first kappa shape index (κ1) is 65.3. The molecule has 0 radical (unpaired) electrons. The van der Waals surface area contributed by atoms with Crippen molar-refractivity contribution in [2.45, 2.75) is 240 Å². The molecule has 0 fully saturated rings. The van der Waals surface area contributed by atoms with E-state index in [1.165, 1.54) is 44.9 Å². The highest BCUT2D eigenvalue weighted by Crippen LogP contribution is 2.22. The van der Waals surface area contributed by atoms with Crippen molar-refractivity contribution in [3.8, 4) is 0 Å². The smallest absolute Gasteiger partial charge is 0.308 e. The lowest BCUT2D eigenvalue weighted by Gasteiger charge is -2.30. The van der Waals surface area contributed by atoms with Crippen LogP contribution in [-0.2, 0) is 57.2 Å². The Bertz CT molecular complexity index is 1300. The summed E-state index contributed by atoms with van der Waals surface area (Å²) in [6.45, 7) is 8.12. The average Bonchev–Trinajstić information content (AvgIpc) is 3.34. The SMILES string of the molecule is CCCCC/C=C\CCOC(=O)CCCCCC(=O)OCC(CO)(COC(=O)CCCCCCOC(=O)C(CCCC)CCCCCC)COC(=O)CCCCCC(=O)OCC/C=C\CCCCC. The molecule has 1 N–H and O–H groups in total. The van der Waals surface area contributed by atoms with Crippen LogP contribution in [0.1, 0.15) is 240 Å². The van der Waals surface area contributed by atoms with E-state index in [1.807, 2.05) is 12.2 Å². The maximum atomic E-state index is 12.9. The zero-order valence-corrected chi connectivity index (χ0v) is 44.0. The van der Waals surface area contributed by atoms with Gasteiger partial charge < -0.3 is 33.5 Å². The van der Waals surface area contributed by atoms with Gasteiger partial charge in [-0.1, -0.05) is 142 Å². The van der Waals surface area contributed by atoms with Crippen molar-refractivity contribution < 1.29 is 62.3 Å². The Hall–Kier alpha value is -3.74. The molecule has 1 atom stereocenters. The first-order valence-electron chi connectivity index (χ1n) is 27.4. The van der Waals surface area contributed by atoms with Gasteiger partial charge in [0.15, 0.2) is 0 Å². The van der Waals surface area contributed by atoms with Crippen molar-refractivity contribution in [3.05, 3.63) is 24.3 Å². The molecule has 69 heavy (non-hydrogen) atoms. The van der Waals surface area contributed by atoms with Gasteiger partial charge in [0.2, 0.25) is 0 Å². The van der Waals surface area contributed by atoms with Crippen LogP contribution in [0.25, 0.3) is 0 Å². The number of hydrogen-bond acceptors (Lipinski definition) is 13. The summed E-state index contributed by atoms with van der Waals surface area (Å²) < 4.78 is 32.9. The van der Waals surface area contributed by atoms with E-state index in [-0.39, 0.29) is 75.8 Å². The number of unbranched alkanes of at least 4 members (excludes halogenated alkanes) is 17. The van der Waals surface area contributed by atoms with Crippen LogP contribution < -0.4 is 0 Å². The molecule has 13 heteroatoms. The number of hydrogen-bond donors (Lipinski definition) is 1. The number of carbonyl (C=O) groups excluding carboxylic acids is 6. The summed E-state index contributed by atoms with van der Waals surface area (Å²) in [6, 6.07) is 0. The van der Waals surface area contributed by atoms with Gasteiger partial charge in [-0.2, -0.15) is 0 Å². The Labute approximate surface area is 418 Å². The highest BCUT2D eigenvalue weighted by molar-refractivity contribution is 5.72. The minimum absolute atomic E-state index is 0.0395. The molecule has 0 aliphatic heterocycles. The molecule has 0 saturated heterocycles. The highest BCUT2D eigenvalue weighted by atomic mass is 16.6. The third-order valence-electron chi connectivity index (χ3n) is 12.0. The van der Waals surface area contributed by atoms with Gasteiger partial charge in [0.1, 0.15) is 19.8 Å². The van der Waals surface area contributed by atoms with Gasteiger partial charge >= 0.3 is 35.8 Å². The van der Waals surface area contributed by atoms with E-state index in [0.717, 1.165) is 70.6 Å². The zero-order chi connectivity index (χ0) is 50.9. The van der Waals surface area contributed by atoms with Crippen LogP contribution in [0, 0.1) is 11.3 Å². The summed E-state index contributed by atoms with van der Waals surface area (Å²) in [6.07, 6.45) is 34.2. The lowest BCUT2D eigenvalue weighted by atomic mass is 9.92. The largest absolute Gasteiger partial charge is 0.465 e. The van der Waals surface area contributed by atoms with Crippen LogP contribution in [0.5, 0.6) is 0 Å². The quantitative estimate of drug-likeness (QED) is 0.0264. The first-order chi connectivity index (χ1) is 33.6. The summed E-state index contributed by atoms with van der Waals surface area (Å²) in [5.74, 6) is -2.21. The highest BCUT2D eigenvalue weighted by Gasteiger charge is 2.35. The molecule has 400 valence electrons. The molecule has 0 amide bonds. The Morgan fingerprint density at radius 3 is 1.14 bits per heavy atom. The van der Waals surface area contributed by atoms with Gasteiger partial charge in [-0.15, -0.1) is 0 Å². The van der Waals surface area contributed by atoms with E-state index in [4.69, 9.17) is 28.4 Å². The second-order valence-electron chi connectivity index (χ2n) is 18.7. The molecule has 0 aromatic rings. The molecule has 1 unspecified atom stereocenters. The molecule has 0 heterocycles. The molecular formula is C56H98O13. The second-order valence-corrected chi connectivity index (χ2v) is 18.7. The molecule has 13 nitrogen and oxygen atoms in total. The predicted octanol–water partition coefficient (Wildman–Crippen LogP) is 12.9. The van der Waals surface area contributed by atoms with Crippen LogP contribution in [-0.4, -0.2) is 87.2 Å². The number of aliphatic hydroxyl groups excluding tert-OH is 1. The molecule has 0 rings (SSSR count). The van der Waals surface area contributed by atoms with Gasteiger partial charge in [-0.05, 0) is 89.9 Å². The second kappa shape index (κ2) is 47.9. The van der Waals surface area contributed by atoms with Crippen molar-refractivity contribution >= 4 is 35.8 Å². The third-order valence-corrected chi connectivity index (χ3v) is 12.0.